The van der Waals surface area contributed by atoms with E-state index in [1.807, 2.05) is 0 Å². The molecule has 0 aromatic heterocycles. The van der Waals surface area contributed by atoms with Gasteiger partial charge in [-0.05, 0) is 18.6 Å². The van der Waals surface area contributed by atoms with Crippen LogP contribution in [0.1, 0.15) is 12.8 Å². The zero-order valence-electron chi connectivity index (χ0n) is 7.43. The predicted octanol–water partition coefficient (Wildman–Crippen LogP) is 3.26. The Labute approximate surface area is 92.8 Å². The van der Waals surface area contributed by atoms with Gasteiger partial charge in [0.25, 0.3) is 0 Å². The highest BCUT2D eigenvalue weighted by atomic mass is 35.5. The normalized spacial score (nSPS) is 9.86. The van der Waals surface area contributed by atoms with E-state index in [9.17, 15) is 4.79 Å². The molecule has 1 aromatic carbocycles. The molecule has 1 aromatic rings. The zero-order chi connectivity index (χ0) is 10.4. The van der Waals surface area contributed by atoms with Gasteiger partial charge in [-0.15, -0.1) is 0 Å². The summed E-state index contributed by atoms with van der Waals surface area (Å²) in [6.07, 6.45) is 2.84. The molecule has 14 heavy (non-hydrogen) atoms. The van der Waals surface area contributed by atoms with Crippen LogP contribution in [0.15, 0.2) is 18.2 Å². The maximum absolute atomic E-state index is 9.90. The quantitative estimate of drug-likeness (QED) is 0.728. The molecule has 0 aliphatic rings. The van der Waals surface area contributed by atoms with E-state index < -0.39 is 0 Å². The summed E-state index contributed by atoms with van der Waals surface area (Å²) in [6, 6.07) is 5.05. The Kier molecular flexibility index (Phi) is 4.77. The summed E-state index contributed by atoms with van der Waals surface area (Å²) in [7, 11) is 0. The van der Waals surface area contributed by atoms with Crippen LogP contribution in [-0.2, 0) is 4.79 Å². The number of hydrogen-bond donors (Lipinski definition) is 0. The largest absolute Gasteiger partial charge is 0.494 e. The lowest BCUT2D eigenvalue weighted by molar-refractivity contribution is 0.312. The van der Waals surface area contributed by atoms with Crippen molar-refractivity contribution in [3.05, 3.63) is 28.2 Å². The van der Waals surface area contributed by atoms with Crippen molar-refractivity contribution in [2.45, 2.75) is 12.8 Å². The predicted molar refractivity (Wildman–Crippen MR) is 56.9 cm³/mol. The summed E-state index contributed by atoms with van der Waals surface area (Å²) in [5.74, 6) is 0.658. The second-order valence-electron chi connectivity index (χ2n) is 2.67. The number of ether oxygens (including phenoxy) is 1. The summed E-state index contributed by atoms with van der Waals surface area (Å²) < 4.78 is 5.32. The second kappa shape index (κ2) is 5.89. The summed E-state index contributed by atoms with van der Waals surface area (Å²) in [6.45, 7) is 0.479. The minimum atomic E-state index is 0.390. The van der Waals surface area contributed by atoms with E-state index in [4.69, 9.17) is 27.9 Å². The van der Waals surface area contributed by atoms with Gasteiger partial charge in [0.1, 0.15) is 5.75 Å². The molecule has 0 unspecified atom stereocenters. The fourth-order valence-corrected chi connectivity index (χ4v) is 1.19. The minimum Gasteiger partial charge on any atom is -0.494 e. The molecule has 4 heteroatoms. The first kappa shape index (κ1) is 11.3. The number of unbranched alkanes of at least 4 members (excludes halogenated alkanes) is 1. The van der Waals surface area contributed by atoms with Gasteiger partial charge in [0.2, 0.25) is 0 Å². The SMILES string of the molecule is O=[C]CCCOc1ccc(Cl)c(Cl)c1. The van der Waals surface area contributed by atoms with Crippen molar-refractivity contribution in [3.8, 4) is 5.75 Å². The smallest absolute Gasteiger partial charge is 0.198 e. The van der Waals surface area contributed by atoms with Gasteiger partial charge in [0, 0.05) is 12.5 Å². The summed E-state index contributed by atoms with van der Waals surface area (Å²) in [5, 5.41) is 0.964. The highest BCUT2D eigenvalue weighted by Gasteiger charge is 1.99. The Balaban J connectivity index is 2.43. The summed E-state index contributed by atoms with van der Waals surface area (Å²) in [4.78, 5) is 9.90. The standard InChI is InChI=1S/C10H9Cl2O2/c11-9-4-3-8(7-10(9)12)14-6-2-1-5-13/h3-4,7H,1-2,6H2. The Morgan fingerprint density at radius 2 is 2.07 bits per heavy atom. The van der Waals surface area contributed by atoms with Gasteiger partial charge < -0.3 is 4.74 Å². The molecule has 1 rings (SSSR count). The van der Waals surface area contributed by atoms with Crippen molar-refractivity contribution < 1.29 is 9.53 Å². The Morgan fingerprint density at radius 1 is 1.29 bits per heavy atom. The van der Waals surface area contributed by atoms with E-state index in [1.165, 1.54) is 0 Å². The maximum atomic E-state index is 9.90. The van der Waals surface area contributed by atoms with Crippen molar-refractivity contribution >= 4 is 29.5 Å². The average Bonchev–Trinajstić information content (AvgIpc) is 2.18. The van der Waals surface area contributed by atoms with Gasteiger partial charge in [-0.2, -0.15) is 0 Å². The van der Waals surface area contributed by atoms with E-state index in [0.29, 0.717) is 35.2 Å². The van der Waals surface area contributed by atoms with Crippen LogP contribution in [0.25, 0.3) is 0 Å². The first-order chi connectivity index (χ1) is 6.74. The highest BCUT2D eigenvalue weighted by Crippen LogP contribution is 2.26. The molecular formula is C10H9Cl2O2. The van der Waals surface area contributed by atoms with Crippen molar-refractivity contribution in [2.24, 2.45) is 0 Å². The molecule has 1 radical (unpaired) electrons. The second-order valence-corrected chi connectivity index (χ2v) is 3.49. The molecule has 0 aliphatic carbocycles. The van der Waals surface area contributed by atoms with Crippen LogP contribution in [0, 0.1) is 0 Å². The van der Waals surface area contributed by atoms with Crippen LogP contribution in [0.3, 0.4) is 0 Å². The van der Waals surface area contributed by atoms with Gasteiger partial charge in [-0.25, -0.2) is 0 Å². The molecule has 2 nitrogen and oxygen atoms in total. The van der Waals surface area contributed by atoms with Gasteiger partial charge in [-0.3, -0.25) is 4.79 Å². The first-order valence-corrected chi connectivity index (χ1v) is 4.92. The number of benzene rings is 1. The summed E-state index contributed by atoms with van der Waals surface area (Å²) >= 11 is 11.5. The van der Waals surface area contributed by atoms with Gasteiger partial charge in [0.05, 0.1) is 16.7 Å². The lowest BCUT2D eigenvalue weighted by Gasteiger charge is -2.05. The first-order valence-electron chi connectivity index (χ1n) is 4.17. The van der Waals surface area contributed by atoms with Gasteiger partial charge >= 0.3 is 0 Å². The molecule has 0 atom stereocenters. The lowest BCUT2D eigenvalue weighted by atomic mass is 10.3. The highest BCUT2D eigenvalue weighted by molar-refractivity contribution is 6.42. The third-order valence-electron chi connectivity index (χ3n) is 1.58. The summed E-state index contributed by atoms with van der Waals surface area (Å²) in [5.41, 5.74) is 0. The number of halogens is 2. The van der Waals surface area contributed by atoms with E-state index >= 15 is 0 Å². The zero-order valence-corrected chi connectivity index (χ0v) is 8.94. The van der Waals surface area contributed by atoms with E-state index in [1.54, 1.807) is 24.5 Å². The van der Waals surface area contributed by atoms with Crippen molar-refractivity contribution in [1.82, 2.24) is 0 Å². The molecule has 0 heterocycles. The van der Waals surface area contributed by atoms with E-state index in [-0.39, 0.29) is 0 Å². The molecule has 75 valence electrons. The third-order valence-corrected chi connectivity index (χ3v) is 2.32. The Bertz CT molecular complexity index is 313. The van der Waals surface area contributed by atoms with Crippen LogP contribution in [0.2, 0.25) is 10.0 Å². The molecule has 0 aliphatic heterocycles. The minimum absolute atomic E-state index is 0.390. The average molecular weight is 232 g/mol. The molecule has 0 bridgehead atoms. The molecule has 0 amide bonds. The molecule has 0 spiro atoms. The van der Waals surface area contributed by atoms with Crippen LogP contribution in [0.5, 0.6) is 5.75 Å². The molecule has 0 N–H and O–H groups in total. The van der Waals surface area contributed by atoms with Crippen LogP contribution >= 0.6 is 23.2 Å². The van der Waals surface area contributed by atoms with E-state index in [2.05, 4.69) is 0 Å². The van der Waals surface area contributed by atoms with Crippen molar-refractivity contribution in [3.63, 3.8) is 0 Å². The molecular weight excluding hydrogens is 223 g/mol. The number of hydrogen-bond acceptors (Lipinski definition) is 2. The Morgan fingerprint density at radius 3 is 2.71 bits per heavy atom. The topological polar surface area (TPSA) is 26.3 Å². The number of rotatable bonds is 5. The monoisotopic (exact) mass is 231 g/mol. The van der Waals surface area contributed by atoms with Crippen LogP contribution < -0.4 is 4.74 Å². The fraction of sp³-hybridized carbons (Fsp3) is 0.300. The van der Waals surface area contributed by atoms with E-state index in [0.717, 1.165) is 0 Å². The van der Waals surface area contributed by atoms with Crippen LogP contribution in [-0.4, -0.2) is 12.9 Å². The lowest BCUT2D eigenvalue weighted by Crippen LogP contribution is -1.97. The Hall–Kier alpha value is -0.730. The molecule has 0 saturated carbocycles. The number of carbonyl (C=O) groups excluding carboxylic acids is 1. The molecule has 0 saturated heterocycles. The van der Waals surface area contributed by atoms with Crippen molar-refractivity contribution in [2.75, 3.05) is 6.61 Å². The fourth-order valence-electron chi connectivity index (χ4n) is 0.901. The van der Waals surface area contributed by atoms with Gasteiger partial charge in [-0.1, -0.05) is 23.2 Å². The van der Waals surface area contributed by atoms with Crippen LogP contribution in [0.4, 0.5) is 0 Å². The maximum Gasteiger partial charge on any atom is 0.198 e. The third kappa shape index (κ3) is 3.56. The van der Waals surface area contributed by atoms with Crippen molar-refractivity contribution in [1.29, 1.82) is 0 Å². The van der Waals surface area contributed by atoms with Gasteiger partial charge in [0.15, 0.2) is 6.29 Å². The molecule has 0 fully saturated rings.